The molecule has 0 bridgehead atoms. The number of nitrogens with one attached hydrogen (secondary N) is 1. The van der Waals surface area contributed by atoms with Crippen LogP contribution in [0.2, 0.25) is 0 Å². The summed E-state index contributed by atoms with van der Waals surface area (Å²) >= 11 is 0. The number of rotatable bonds is 3. The lowest BCUT2D eigenvalue weighted by Crippen LogP contribution is -2.32. The molecule has 69 valence electrons. The average Bonchev–Trinajstić information content (AvgIpc) is 2.19. The molecule has 0 saturated heterocycles. The minimum atomic E-state index is -1.01. The molecule has 0 aromatic heterocycles. The Labute approximate surface area is 77.4 Å². The summed E-state index contributed by atoms with van der Waals surface area (Å²) in [6, 6.07) is 8.71. The van der Waals surface area contributed by atoms with Crippen molar-refractivity contribution in [2.75, 3.05) is 0 Å². The van der Waals surface area contributed by atoms with Crippen LogP contribution in [0.3, 0.4) is 0 Å². The van der Waals surface area contributed by atoms with Crippen molar-refractivity contribution in [3.63, 3.8) is 0 Å². The van der Waals surface area contributed by atoms with Crippen LogP contribution in [0.25, 0.3) is 0 Å². The molecule has 13 heavy (non-hydrogen) atoms. The van der Waals surface area contributed by atoms with Gasteiger partial charge >= 0.3 is 0 Å². The predicted octanol–water partition coefficient (Wildman–Crippen LogP) is 1.58. The molecule has 0 spiro atoms. The monoisotopic (exact) mass is 178 g/mol. The Morgan fingerprint density at radius 3 is 2.54 bits per heavy atom. The van der Waals surface area contributed by atoms with Gasteiger partial charge in [0.25, 0.3) is 5.91 Å². The molecular formula is C10H12NO2. The summed E-state index contributed by atoms with van der Waals surface area (Å²) < 4.78 is 0. The molecule has 1 atom stereocenters. The molecule has 0 aliphatic carbocycles. The Bertz CT molecular complexity index is 272. The molecule has 1 amide bonds. The molecule has 0 heterocycles. The standard InChI is InChI=1S/C10H12NO2/c1-2-9(12)11-10(13)8-6-4-3-5-7-8/h3-7,9H,2H2,1H3,(H,11,13). The van der Waals surface area contributed by atoms with E-state index < -0.39 is 6.23 Å². The van der Waals surface area contributed by atoms with Crippen molar-refractivity contribution in [2.45, 2.75) is 19.6 Å². The van der Waals surface area contributed by atoms with Gasteiger partial charge < -0.3 is 5.32 Å². The van der Waals surface area contributed by atoms with Crippen LogP contribution in [-0.2, 0) is 5.11 Å². The topological polar surface area (TPSA) is 49.0 Å². The van der Waals surface area contributed by atoms with Crippen LogP contribution in [0, 0.1) is 0 Å². The van der Waals surface area contributed by atoms with Crippen molar-refractivity contribution in [3.8, 4) is 0 Å². The van der Waals surface area contributed by atoms with E-state index in [4.69, 9.17) is 0 Å². The molecule has 1 aromatic rings. The van der Waals surface area contributed by atoms with Crippen molar-refractivity contribution in [2.24, 2.45) is 0 Å². The van der Waals surface area contributed by atoms with E-state index in [1.54, 1.807) is 31.2 Å². The van der Waals surface area contributed by atoms with Crippen molar-refractivity contribution >= 4 is 5.91 Å². The number of hydrogen-bond donors (Lipinski definition) is 1. The van der Waals surface area contributed by atoms with Gasteiger partial charge in [-0.1, -0.05) is 25.1 Å². The molecule has 1 rings (SSSR count). The lowest BCUT2D eigenvalue weighted by atomic mass is 10.2. The number of hydrogen-bond acceptors (Lipinski definition) is 1. The van der Waals surface area contributed by atoms with Crippen LogP contribution in [0.4, 0.5) is 0 Å². The lowest BCUT2D eigenvalue weighted by Gasteiger charge is -2.07. The lowest BCUT2D eigenvalue weighted by molar-refractivity contribution is 0.0468. The zero-order valence-electron chi connectivity index (χ0n) is 7.49. The average molecular weight is 178 g/mol. The van der Waals surface area contributed by atoms with Gasteiger partial charge in [-0.15, -0.1) is 0 Å². The first-order valence-corrected chi connectivity index (χ1v) is 4.25. The predicted molar refractivity (Wildman–Crippen MR) is 48.7 cm³/mol. The Morgan fingerprint density at radius 2 is 2.00 bits per heavy atom. The third kappa shape index (κ3) is 2.87. The second kappa shape index (κ2) is 4.62. The van der Waals surface area contributed by atoms with Gasteiger partial charge in [0.1, 0.15) is 0 Å². The number of carbonyl (C=O) groups excluding carboxylic acids is 1. The summed E-state index contributed by atoms with van der Waals surface area (Å²) in [5.74, 6) is -0.303. The molecule has 0 aliphatic heterocycles. The number of amides is 1. The third-order valence-corrected chi connectivity index (χ3v) is 1.70. The molecule has 1 unspecified atom stereocenters. The smallest absolute Gasteiger partial charge is 0.253 e. The van der Waals surface area contributed by atoms with Crippen molar-refractivity contribution in [1.29, 1.82) is 0 Å². The van der Waals surface area contributed by atoms with Crippen LogP contribution in [-0.4, -0.2) is 12.1 Å². The fourth-order valence-corrected chi connectivity index (χ4v) is 0.921. The van der Waals surface area contributed by atoms with Gasteiger partial charge in [-0.3, -0.25) is 4.79 Å². The molecule has 3 nitrogen and oxygen atoms in total. The van der Waals surface area contributed by atoms with Crippen molar-refractivity contribution < 1.29 is 9.90 Å². The van der Waals surface area contributed by atoms with E-state index in [1.807, 2.05) is 6.07 Å². The van der Waals surface area contributed by atoms with Gasteiger partial charge in [-0.2, -0.15) is 0 Å². The maximum absolute atomic E-state index is 11.3. The summed E-state index contributed by atoms with van der Waals surface area (Å²) in [5.41, 5.74) is 0.525. The van der Waals surface area contributed by atoms with Gasteiger partial charge in [0, 0.05) is 5.56 Å². The molecule has 3 heteroatoms. The Kier molecular flexibility index (Phi) is 3.46. The molecule has 1 N–H and O–H groups in total. The molecular weight excluding hydrogens is 166 g/mol. The number of carbonyl (C=O) groups is 1. The highest BCUT2D eigenvalue weighted by Crippen LogP contribution is 1.98. The SMILES string of the molecule is CCC([O])NC(=O)c1ccccc1. The van der Waals surface area contributed by atoms with E-state index in [1.165, 1.54) is 0 Å². The number of benzene rings is 1. The summed E-state index contributed by atoms with van der Waals surface area (Å²) in [6.07, 6.45) is -0.605. The van der Waals surface area contributed by atoms with E-state index in [0.717, 1.165) is 0 Å². The van der Waals surface area contributed by atoms with E-state index in [0.29, 0.717) is 12.0 Å². The quantitative estimate of drug-likeness (QED) is 0.702. The minimum Gasteiger partial charge on any atom is -0.324 e. The maximum Gasteiger partial charge on any atom is 0.253 e. The van der Waals surface area contributed by atoms with Gasteiger partial charge in [-0.25, -0.2) is 5.11 Å². The van der Waals surface area contributed by atoms with Crippen LogP contribution < -0.4 is 5.32 Å². The van der Waals surface area contributed by atoms with Crippen molar-refractivity contribution in [1.82, 2.24) is 5.32 Å². The van der Waals surface area contributed by atoms with Gasteiger partial charge in [0.05, 0.1) is 0 Å². The largest absolute Gasteiger partial charge is 0.324 e. The highest BCUT2D eigenvalue weighted by atomic mass is 16.3. The second-order valence-electron chi connectivity index (χ2n) is 2.74. The first kappa shape index (κ1) is 9.74. The second-order valence-corrected chi connectivity index (χ2v) is 2.74. The van der Waals surface area contributed by atoms with E-state index in [9.17, 15) is 9.90 Å². The maximum atomic E-state index is 11.3. The highest BCUT2D eigenvalue weighted by Gasteiger charge is 2.08. The normalized spacial score (nSPS) is 12.2. The van der Waals surface area contributed by atoms with Crippen molar-refractivity contribution in [3.05, 3.63) is 35.9 Å². The Hall–Kier alpha value is -1.35. The Balaban J connectivity index is 2.59. The molecule has 0 saturated carbocycles. The molecule has 1 radical (unpaired) electrons. The fourth-order valence-electron chi connectivity index (χ4n) is 0.921. The first-order valence-electron chi connectivity index (χ1n) is 4.25. The van der Waals surface area contributed by atoms with Crippen LogP contribution >= 0.6 is 0 Å². The van der Waals surface area contributed by atoms with Crippen LogP contribution in [0.5, 0.6) is 0 Å². The molecule has 0 aliphatic rings. The third-order valence-electron chi connectivity index (χ3n) is 1.70. The van der Waals surface area contributed by atoms with E-state index >= 15 is 0 Å². The van der Waals surface area contributed by atoms with Crippen LogP contribution in [0.15, 0.2) is 30.3 Å². The van der Waals surface area contributed by atoms with Gasteiger partial charge in [-0.05, 0) is 18.6 Å². The zero-order valence-corrected chi connectivity index (χ0v) is 7.49. The van der Waals surface area contributed by atoms with Gasteiger partial charge in [0.2, 0.25) is 0 Å². The van der Waals surface area contributed by atoms with Crippen LogP contribution in [0.1, 0.15) is 23.7 Å². The molecule has 1 aromatic carbocycles. The molecule has 0 fully saturated rings. The Morgan fingerprint density at radius 1 is 1.38 bits per heavy atom. The summed E-state index contributed by atoms with van der Waals surface area (Å²) in [4.78, 5) is 11.3. The highest BCUT2D eigenvalue weighted by molar-refractivity contribution is 5.94. The van der Waals surface area contributed by atoms with Gasteiger partial charge in [0.15, 0.2) is 6.23 Å². The minimum absolute atomic E-state index is 0.303. The first-order chi connectivity index (χ1) is 6.24. The fraction of sp³-hybridized carbons (Fsp3) is 0.300. The zero-order chi connectivity index (χ0) is 9.68. The van der Waals surface area contributed by atoms with E-state index in [2.05, 4.69) is 5.32 Å². The van der Waals surface area contributed by atoms with E-state index in [-0.39, 0.29) is 5.91 Å². The summed E-state index contributed by atoms with van der Waals surface area (Å²) in [6.45, 7) is 1.74. The summed E-state index contributed by atoms with van der Waals surface area (Å²) in [7, 11) is 0. The summed E-state index contributed by atoms with van der Waals surface area (Å²) in [5, 5.41) is 13.3.